The Hall–Kier alpha value is -1.59. The molecule has 1 heterocycles. The largest absolute Gasteiger partial charge is 0.357 e. The van der Waals surface area contributed by atoms with E-state index in [-0.39, 0.29) is 5.54 Å². The average molecular weight is 280 g/mol. The Bertz CT molecular complexity index is 412. The minimum atomic E-state index is 0.00684. The van der Waals surface area contributed by atoms with Crippen LogP contribution in [0, 0.1) is 0 Å². The first kappa shape index (κ1) is 16.5. The second-order valence-corrected chi connectivity index (χ2v) is 5.10. The lowest BCUT2D eigenvalue weighted by atomic mass is 9.96. The monoisotopic (exact) mass is 280 g/mol. The van der Waals surface area contributed by atoms with Gasteiger partial charge in [0.1, 0.15) is 0 Å². The Labute approximate surface area is 122 Å². The number of nitrogens with one attached hydrogen (secondary N) is 2. The predicted molar refractivity (Wildman–Crippen MR) is 85.5 cm³/mol. The van der Waals surface area contributed by atoms with Gasteiger partial charge in [0.15, 0.2) is 0 Å². The van der Waals surface area contributed by atoms with Crippen LogP contribution in [0.3, 0.4) is 0 Å². The van der Waals surface area contributed by atoms with Gasteiger partial charge in [-0.25, -0.2) is 0 Å². The molecule has 20 heavy (non-hydrogen) atoms. The maximum absolute atomic E-state index is 4.56. The molecule has 0 bridgehead atoms. The van der Waals surface area contributed by atoms with E-state index in [0.717, 1.165) is 25.9 Å². The van der Waals surface area contributed by atoms with Crippen molar-refractivity contribution in [2.75, 3.05) is 35.7 Å². The van der Waals surface area contributed by atoms with E-state index in [4.69, 9.17) is 0 Å². The van der Waals surface area contributed by atoms with Gasteiger partial charge in [0.2, 0.25) is 17.8 Å². The van der Waals surface area contributed by atoms with E-state index in [0.29, 0.717) is 17.8 Å². The Balaban J connectivity index is 3.10. The SMILES string of the molecule is CCN(CC)c1nc(NC)nc(NC(C)(CC)CC)n1. The lowest BCUT2D eigenvalue weighted by Crippen LogP contribution is -2.34. The van der Waals surface area contributed by atoms with Crippen LogP contribution in [-0.2, 0) is 0 Å². The fourth-order valence-corrected chi connectivity index (χ4v) is 1.88. The van der Waals surface area contributed by atoms with E-state index < -0.39 is 0 Å². The number of nitrogens with zero attached hydrogens (tertiary/aromatic N) is 4. The lowest BCUT2D eigenvalue weighted by molar-refractivity contribution is 0.474. The van der Waals surface area contributed by atoms with E-state index in [1.807, 2.05) is 7.05 Å². The minimum absolute atomic E-state index is 0.00684. The molecule has 0 aliphatic heterocycles. The molecule has 0 aliphatic rings. The highest BCUT2D eigenvalue weighted by Crippen LogP contribution is 2.21. The summed E-state index contributed by atoms with van der Waals surface area (Å²) in [5.74, 6) is 1.95. The van der Waals surface area contributed by atoms with Crippen molar-refractivity contribution in [3.63, 3.8) is 0 Å². The summed E-state index contributed by atoms with van der Waals surface area (Å²) in [6, 6.07) is 0. The Morgan fingerprint density at radius 3 is 1.95 bits per heavy atom. The van der Waals surface area contributed by atoms with E-state index in [1.54, 1.807) is 0 Å². The van der Waals surface area contributed by atoms with Gasteiger partial charge in [0.25, 0.3) is 0 Å². The fourth-order valence-electron chi connectivity index (χ4n) is 1.88. The van der Waals surface area contributed by atoms with Gasteiger partial charge in [-0.2, -0.15) is 15.0 Å². The zero-order valence-corrected chi connectivity index (χ0v) is 13.6. The van der Waals surface area contributed by atoms with E-state index >= 15 is 0 Å². The minimum Gasteiger partial charge on any atom is -0.357 e. The van der Waals surface area contributed by atoms with Crippen molar-refractivity contribution < 1.29 is 0 Å². The normalized spacial score (nSPS) is 11.3. The lowest BCUT2D eigenvalue weighted by Gasteiger charge is -2.29. The molecule has 1 aromatic rings. The third-order valence-corrected chi connectivity index (χ3v) is 3.87. The van der Waals surface area contributed by atoms with Crippen molar-refractivity contribution in [1.82, 2.24) is 15.0 Å². The highest BCUT2D eigenvalue weighted by Gasteiger charge is 2.21. The standard InChI is InChI=1S/C14H28N6/c1-7-14(5,8-2)19-12-16-11(15-6)17-13(18-12)20(9-3)10-4/h7-10H2,1-6H3,(H2,15,16,17,18,19). The molecule has 0 spiro atoms. The molecule has 0 atom stereocenters. The summed E-state index contributed by atoms with van der Waals surface area (Å²) in [5.41, 5.74) is 0.00684. The Morgan fingerprint density at radius 2 is 1.50 bits per heavy atom. The molecule has 6 nitrogen and oxygen atoms in total. The van der Waals surface area contributed by atoms with Gasteiger partial charge in [-0.15, -0.1) is 0 Å². The Morgan fingerprint density at radius 1 is 0.950 bits per heavy atom. The third-order valence-electron chi connectivity index (χ3n) is 3.87. The molecule has 0 unspecified atom stereocenters. The highest BCUT2D eigenvalue weighted by atomic mass is 15.3. The van der Waals surface area contributed by atoms with E-state index in [9.17, 15) is 0 Å². The molecule has 0 amide bonds. The van der Waals surface area contributed by atoms with Gasteiger partial charge >= 0.3 is 0 Å². The van der Waals surface area contributed by atoms with E-state index in [1.165, 1.54) is 0 Å². The van der Waals surface area contributed by atoms with Crippen molar-refractivity contribution in [2.24, 2.45) is 0 Å². The van der Waals surface area contributed by atoms with Gasteiger partial charge in [0, 0.05) is 25.7 Å². The van der Waals surface area contributed by atoms with Gasteiger partial charge in [-0.1, -0.05) is 13.8 Å². The van der Waals surface area contributed by atoms with Gasteiger partial charge in [-0.05, 0) is 33.6 Å². The van der Waals surface area contributed by atoms with Crippen LogP contribution < -0.4 is 15.5 Å². The molecule has 0 saturated carbocycles. The first-order valence-corrected chi connectivity index (χ1v) is 7.48. The van der Waals surface area contributed by atoms with Gasteiger partial charge < -0.3 is 15.5 Å². The summed E-state index contributed by atoms with van der Waals surface area (Å²) in [6.45, 7) is 12.5. The fraction of sp³-hybridized carbons (Fsp3) is 0.786. The van der Waals surface area contributed by atoms with Crippen LogP contribution in [-0.4, -0.2) is 40.6 Å². The predicted octanol–water partition coefficient (Wildman–Crippen LogP) is 2.75. The van der Waals surface area contributed by atoms with Crippen LogP contribution in [0.4, 0.5) is 17.8 Å². The summed E-state index contributed by atoms with van der Waals surface area (Å²) in [5, 5.41) is 6.45. The first-order valence-electron chi connectivity index (χ1n) is 7.48. The molecular formula is C14H28N6. The molecule has 1 aromatic heterocycles. The zero-order chi connectivity index (χ0) is 15.2. The number of aromatic nitrogens is 3. The molecule has 0 aliphatic carbocycles. The number of rotatable bonds is 8. The molecule has 6 heteroatoms. The number of hydrogen-bond acceptors (Lipinski definition) is 6. The molecular weight excluding hydrogens is 252 g/mol. The first-order chi connectivity index (χ1) is 9.51. The highest BCUT2D eigenvalue weighted by molar-refractivity contribution is 5.44. The molecule has 0 aromatic carbocycles. The van der Waals surface area contributed by atoms with Crippen molar-refractivity contribution in [2.45, 2.75) is 53.0 Å². The third kappa shape index (κ3) is 3.95. The summed E-state index contributed by atoms with van der Waals surface area (Å²) in [7, 11) is 1.82. The van der Waals surface area contributed by atoms with Crippen molar-refractivity contribution in [3.8, 4) is 0 Å². The molecule has 0 saturated heterocycles. The molecule has 2 N–H and O–H groups in total. The maximum atomic E-state index is 4.56. The van der Waals surface area contributed by atoms with E-state index in [2.05, 4.69) is 65.1 Å². The van der Waals surface area contributed by atoms with Crippen LogP contribution >= 0.6 is 0 Å². The smallest absolute Gasteiger partial charge is 0.231 e. The summed E-state index contributed by atoms with van der Waals surface area (Å²) < 4.78 is 0. The summed E-state index contributed by atoms with van der Waals surface area (Å²) in [6.07, 6.45) is 2.04. The van der Waals surface area contributed by atoms with Gasteiger partial charge in [-0.3, -0.25) is 0 Å². The summed E-state index contributed by atoms with van der Waals surface area (Å²) in [4.78, 5) is 15.5. The van der Waals surface area contributed by atoms with Crippen molar-refractivity contribution in [1.29, 1.82) is 0 Å². The second-order valence-electron chi connectivity index (χ2n) is 5.10. The second kappa shape index (κ2) is 7.26. The van der Waals surface area contributed by atoms with Gasteiger partial charge in [0.05, 0.1) is 0 Å². The van der Waals surface area contributed by atoms with Crippen molar-refractivity contribution in [3.05, 3.63) is 0 Å². The molecule has 1 rings (SSSR count). The number of anilines is 3. The topological polar surface area (TPSA) is 66.0 Å². The van der Waals surface area contributed by atoms with Crippen LogP contribution in [0.2, 0.25) is 0 Å². The Kier molecular flexibility index (Phi) is 5.98. The van der Waals surface area contributed by atoms with Crippen LogP contribution in [0.5, 0.6) is 0 Å². The molecule has 0 fully saturated rings. The summed E-state index contributed by atoms with van der Waals surface area (Å²) >= 11 is 0. The number of hydrogen-bond donors (Lipinski definition) is 2. The molecule has 114 valence electrons. The average Bonchev–Trinajstić information content (AvgIpc) is 2.48. The zero-order valence-electron chi connectivity index (χ0n) is 13.6. The molecule has 0 radical (unpaired) electrons. The maximum Gasteiger partial charge on any atom is 0.231 e. The van der Waals surface area contributed by atoms with Crippen LogP contribution in [0.15, 0.2) is 0 Å². The van der Waals surface area contributed by atoms with Crippen molar-refractivity contribution >= 4 is 17.8 Å². The quantitative estimate of drug-likeness (QED) is 0.763. The van der Waals surface area contributed by atoms with Crippen LogP contribution in [0.1, 0.15) is 47.5 Å². The van der Waals surface area contributed by atoms with Crippen LogP contribution in [0.25, 0.3) is 0 Å².